The zero-order valence-electron chi connectivity index (χ0n) is 12.7. The second-order valence-corrected chi connectivity index (χ2v) is 7.38. The predicted octanol–water partition coefficient (Wildman–Crippen LogP) is 2.97. The summed E-state index contributed by atoms with van der Waals surface area (Å²) in [5.74, 6) is 0. The molecular formula is C16H18N4OS2. The van der Waals surface area contributed by atoms with E-state index in [9.17, 15) is 0 Å². The fourth-order valence-electron chi connectivity index (χ4n) is 2.77. The molecule has 0 N–H and O–H groups in total. The standard InChI is InChI=1S/C16H18N4OS2/c1-3-15(22-8-1)16-18-13(12-23-16)9-19-6-7-21-14(10-19)11-20-5-2-4-17-20/h1-5,8,12,14H,6-7,9-11H2/t14-/m1/s1. The van der Waals surface area contributed by atoms with Crippen molar-refractivity contribution in [1.82, 2.24) is 19.7 Å². The van der Waals surface area contributed by atoms with E-state index >= 15 is 0 Å². The van der Waals surface area contributed by atoms with Crippen LogP contribution in [-0.4, -0.2) is 45.5 Å². The molecule has 1 saturated heterocycles. The molecule has 5 nitrogen and oxygen atoms in total. The van der Waals surface area contributed by atoms with Gasteiger partial charge in [-0.2, -0.15) is 5.10 Å². The highest BCUT2D eigenvalue weighted by Crippen LogP contribution is 2.28. The minimum Gasteiger partial charge on any atom is -0.374 e. The summed E-state index contributed by atoms with van der Waals surface area (Å²) in [6.07, 6.45) is 3.98. The van der Waals surface area contributed by atoms with Gasteiger partial charge in [-0.1, -0.05) is 6.07 Å². The Labute approximate surface area is 143 Å². The van der Waals surface area contributed by atoms with Crippen LogP contribution in [0.25, 0.3) is 9.88 Å². The molecule has 7 heteroatoms. The van der Waals surface area contributed by atoms with E-state index in [2.05, 4.69) is 32.9 Å². The molecule has 1 fully saturated rings. The van der Waals surface area contributed by atoms with Gasteiger partial charge in [0.15, 0.2) is 0 Å². The van der Waals surface area contributed by atoms with Gasteiger partial charge < -0.3 is 4.74 Å². The van der Waals surface area contributed by atoms with Crippen LogP contribution in [0.2, 0.25) is 0 Å². The van der Waals surface area contributed by atoms with Crippen molar-refractivity contribution in [3.63, 3.8) is 0 Å². The molecule has 0 saturated carbocycles. The van der Waals surface area contributed by atoms with Crippen molar-refractivity contribution in [3.05, 3.63) is 47.0 Å². The Bertz CT molecular complexity index is 723. The molecule has 23 heavy (non-hydrogen) atoms. The van der Waals surface area contributed by atoms with E-state index in [1.807, 2.05) is 23.1 Å². The Kier molecular flexibility index (Phi) is 4.52. The van der Waals surface area contributed by atoms with Crippen LogP contribution in [0.4, 0.5) is 0 Å². The first-order chi connectivity index (χ1) is 11.4. The molecule has 120 valence electrons. The van der Waals surface area contributed by atoms with Crippen LogP contribution in [0.1, 0.15) is 5.69 Å². The zero-order valence-corrected chi connectivity index (χ0v) is 14.3. The maximum atomic E-state index is 5.86. The van der Waals surface area contributed by atoms with E-state index in [4.69, 9.17) is 9.72 Å². The van der Waals surface area contributed by atoms with Crippen LogP contribution in [0, 0.1) is 0 Å². The van der Waals surface area contributed by atoms with Crippen molar-refractivity contribution >= 4 is 22.7 Å². The van der Waals surface area contributed by atoms with Crippen molar-refractivity contribution in [3.8, 4) is 9.88 Å². The summed E-state index contributed by atoms with van der Waals surface area (Å²) in [6.45, 7) is 4.35. The topological polar surface area (TPSA) is 43.2 Å². The number of morpholine rings is 1. The lowest BCUT2D eigenvalue weighted by atomic mass is 10.2. The van der Waals surface area contributed by atoms with E-state index in [1.165, 1.54) is 4.88 Å². The molecule has 4 rings (SSSR count). The average molecular weight is 346 g/mol. The van der Waals surface area contributed by atoms with E-state index in [1.54, 1.807) is 22.7 Å². The van der Waals surface area contributed by atoms with Crippen molar-refractivity contribution in [2.24, 2.45) is 0 Å². The van der Waals surface area contributed by atoms with Crippen LogP contribution in [0.3, 0.4) is 0 Å². The summed E-state index contributed by atoms with van der Waals surface area (Å²) in [4.78, 5) is 8.45. The quantitative estimate of drug-likeness (QED) is 0.712. The van der Waals surface area contributed by atoms with Crippen molar-refractivity contribution < 1.29 is 4.74 Å². The van der Waals surface area contributed by atoms with Gasteiger partial charge in [-0.15, -0.1) is 22.7 Å². The summed E-state index contributed by atoms with van der Waals surface area (Å²) in [6, 6.07) is 6.15. The average Bonchev–Trinajstić information content (AvgIpc) is 3.30. The van der Waals surface area contributed by atoms with Gasteiger partial charge in [0.2, 0.25) is 0 Å². The minimum absolute atomic E-state index is 0.194. The van der Waals surface area contributed by atoms with Gasteiger partial charge in [0.05, 0.1) is 29.8 Å². The smallest absolute Gasteiger partial charge is 0.133 e. The van der Waals surface area contributed by atoms with Gasteiger partial charge in [-0.3, -0.25) is 9.58 Å². The number of thiophene rings is 1. The number of hydrogen-bond acceptors (Lipinski definition) is 6. The Hall–Kier alpha value is -1.54. The summed E-state index contributed by atoms with van der Waals surface area (Å²) in [5, 5.41) is 9.65. The Morgan fingerprint density at radius 1 is 1.30 bits per heavy atom. The molecule has 3 aromatic rings. The van der Waals surface area contributed by atoms with Crippen LogP contribution < -0.4 is 0 Å². The van der Waals surface area contributed by atoms with E-state index < -0.39 is 0 Å². The third kappa shape index (κ3) is 3.69. The van der Waals surface area contributed by atoms with Crippen LogP contribution in [0.5, 0.6) is 0 Å². The Balaban J connectivity index is 1.37. The largest absolute Gasteiger partial charge is 0.374 e. The molecular weight excluding hydrogens is 328 g/mol. The second-order valence-electron chi connectivity index (χ2n) is 5.58. The maximum Gasteiger partial charge on any atom is 0.133 e. The lowest BCUT2D eigenvalue weighted by Crippen LogP contribution is -2.43. The third-order valence-corrected chi connectivity index (χ3v) is 5.77. The highest BCUT2D eigenvalue weighted by Gasteiger charge is 2.21. The Morgan fingerprint density at radius 2 is 2.30 bits per heavy atom. The predicted molar refractivity (Wildman–Crippen MR) is 92.7 cm³/mol. The lowest BCUT2D eigenvalue weighted by molar-refractivity contribution is -0.0405. The van der Waals surface area contributed by atoms with Crippen LogP contribution in [-0.2, 0) is 17.8 Å². The van der Waals surface area contributed by atoms with E-state index in [-0.39, 0.29) is 6.10 Å². The summed E-state index contributed by atoms with van der Waals surface area (Å²) >= 11 is 3.47. The first-order valence-electron chi connectivity index (χ1n) is 7.66. The maximum absolute atomic E-state index is 5.86. The molecule has 0 aromatic carbocycles. The first-order valence-corrected chi connectivity index (χ1v) is 9.42. The van der Waals surface area contributed by atoms with Crippen LogP contribution in [0.15, 0.2) is 41.4 Å². The van der Waals surface area contributed by atoms with Crippen molar-refractivity contribution in [2.75, 3.05) is 19.7 Å². The monoisotopic (exact) mass is 346 g/mol. The highest BCUT2D eigenvalue weighted by atomic mass is 32.1. The number of nitrogens with zero attached hydrogens (tertiary/aromatic N) is 4. The molecule has 1 aliphatic heterocycles. The molecule has 4 heterocycles. The molecule has 1 aliphatic rings. The molecule has 0 radical (unpaired) electrons. The number of ether oxygens (including phenoxy) is 1. The molecule has 3 aromatic heterocycles. The molecule has 1 atom stereocenters. The fraction of sp³-hybridized carbons (Fsp3) is 0.375. The van der Waals surface area contributed by atoms with Gasteiger partial charge in [0.1, 0.15) is 5.01 Å². The lowest BCUT2D eigenvalue weighted by Gasteiger charge is -2.32. The third-order valence-electron chi connectivity index (χ3n) is 3.84. The summed E-state index contributed by atoms with van der Waals surface area (Å²) in [5.41, 5.74) is 1.15. The van der Waals surface area contributed by atoms with E-state index in [0.717, 1.165) is 43.5 Å². The van der Waals surface area contributed by atoms with Crippen molar-refractivity contribution in [2.45, 2.75) is 19.2 Å². The number of rotatable bonds is 5. The number of hydrogen-bond donors (Lipinski definition) is 0. The Morgan fingerprint density at radius 3 is 3.13 bits per heavy atom. The van der Waals surface area contributed by atoms with Gasteiger partial charge in [-0.25, -0.2) is 4.98 Å². The molecule has 0 aliphatic carbocycles. The SMILES string of the molecule is c1csc(-c2nc(CN3CCO[C@@H](Cn4cccn4)C3)cs2)c1. The molecule has 0 spiro atoms. The molecule has 0 bridgehead atoms. The molecule has 0 unspecified atom stereocenters. The number of thiazole rings is 1. The fourth-order valence-corrected chi connectivity index (χ4v) is 4.40. The van der Waals surface area contributed by atoms with Crippen molar-refractivity contribution in [1.29, 1.82) is 0 Å². The zero-order chi connectivity index (χ0) is 15.5. The summed E-state index contributed by atoms with van der Waals surface area (Å²) < 4.78 is 7.80. The summed E-state index contributed by atoms with van der Waals surface area (Å²) in [7, 11) is 0. The number of aromatic nitrogens is 3. The van der Waals surface area contributed by atoms with Crippen LogP contribution >= 0.6 is 22.7 Å². The second kappa shape index (κ2) is 6.92. The molecule has 0 amide bonds. The first kappa shape index (κ1) is 15.0. The van der Waals surface area contributed by atoms with Gasteiger partial charge in [0, 0.05) is 37.4 Å². The normalized spacial score (nSPS) is 19.2. The highest BCUT2D eigenvalue weighted by molar-refractivity contribution is 7.20. The van der Waals surface area contributed by atoms with Gasteiger partial charge >= 0.3 is 0 Å². The van der Waals surface area contributed by atoms with Gasteiger partial charge in [0.25, 0.3) is 0 Å². The van der Waals surface area contributed by atoms with Gasteiger partial charge in [-0.05, 0) is 17.5 Å². The minimum atomic E-state index is 0.194. The van der Waals surface area contributed by atoms with E-state index in [0.29, 0.717) is 0 Å².